The van der Waals surface area contributed by atoms with Gasteiger partial charge in [0.2, 0.25) is 5.91 Å². The summed E-state index contributed by atoms with van der Waals surface area (Å²) < 4.78 is 1.71. The molecule has 4 aromatic rings. The van der Waals surface area contributed by atoms with Crippen LogP contribution in [0.1, 0.15) is 29.1 Å². The Bertz CT molecular complexity index is 1120. The van der Waals surface area contributed by atoms with Gasteiger partial charge in [-0.1, -0.05) is 0 Å². The molecule has 0 aliphatic carbocycles. The van der Waals surface area contributed by atoms with Crippen molar-refractivity contribution in [3.05, 3.63) is 53.2 Å². The molecule has 0 aliphatic rings. The van der Waals surface area contributed by atoms with Crippen molar-refractivity contribution in [1.82, 2.24) is 24.6 Å². The van der Waals surface area contributed by atoms with Gasteiger partial charge in [-0.15, -0.1) is 0 Å². The number of nitrogens with zero attached hydrogens (tertiary/aromatic N) is 4. The highest BCUT2D eigenvalue weighted by molar-refractivity contribution is 5.94. The molecule has 0 spiro atoms. The Morgan fingerprint density at radius 3 is 2.92 bits per heavy atom. The highest BCUT2D eigenvalue weighted by Crippen LogP contribution is 2.20. The van der Waals surface area contributed by atoms with Crippen LogP contribution in [0.3, 0.4) is 0 Å². The number of aryl methyl sites for hydroxylation is 3. The highest BCUT2D eigenvalue weighted by Gasteiger charge is 2.13. The molecule has 26 heavy (non-hydrogen) atoms. The number of hydrogen-bond donors (Lipinski definition) is 2. The SMILES string of the molecule is Cc1cc2cc(NC(=O)CCc3c(C)nc4ncnn4c3C)ccc2[nH]1. The van der Waals surface area contributed by atoms with Crippen molar-refractivity contribution in [2.24, 2.45) is 0 Å². The average Bonchev–Trinajstić information content (AvgIpc) is 3.19. The first kappa shape index (κ1) is 16.3. The number of aromatic amines is 1. The number of nitrogens with one attached hydrogen (secondary N) is 2. The number of anilines is 1. The van der Waals surface area contributed by atoms with E-state index in [0.29, 0.717) is 18.6 Å². The van der Waals surface area contributed by atoms with E-state index >= 15 is 0 Å². The van der Waals surface area contributed by atoms with Crippen molar-refractivity contribution in [3.63, 3.8) is 0 Å². The summed E-state index contributed by atoms with van der Waals surface area (Å²) >= 11 is 0. The monoisotopic (exact) mass is 348 g/mol. The number of hydrogen-bond acceptors (Lipinski definition) is 4. The van der Waals surface area contributed by atoms with Crippen LogP contribution in [0.4, 0.5) is 5.69 Å². The van der Waals surface area contributed by atoms with Crippen LogP contribution in [0.2, 0.25) is 0 Å². The smallest absolute Gasteiger partial charge is 0.252 e. The predicted molar refractivity (Wildman–Crippen MR) is 100 cm³/mol. The molecule has 0 fully saturated rings. The summed E-state index contributed by atoms with van der Waals surface area (Å²) in [6.07, 6.45) is 2.48. The molecule has 2 N–H and O–H groups in total. The fourth-order valence-electron chi connectivity index (χ4n) is 3.33. The first-order chi connectivity index (χ1) is 12.5. The fraction of sp³-hybridized carbons (Fsp3) is 0.263. The largest absolute Gasteiger partial charge is 0.359 e. The maximum absolute atomic E-state index is 12.4. The lowest BCUT2D eigenvalue weighted by atomic mass is 10.1. The molecule has 1 amide bonds. The summed E-state index contributed by atoms with van der Waals surface area (Å²) in [6, 6.07) is 7.94. The second kappa shape index (κ2) is 6.25. The van der Waals surface area contributed by atoms with Gasteiger partial charge in [0, 0.05) is 40.1 Å². The molecule has 0 saturated heterocycles. The van der Waals surface area contributed by atoms with Crippen LogP contribution >= 0.6 is 0 Å². The minimum atomic E-state index is -0.0194. The number of carbonyl (C=O) groups is 1. The molecule has 0 atom stereocenters. The van der Waals surface area contributed by atoms with Crippen LogP contribution in [0.25, 0.3) is 16.7 Å². The Morgan fingerprint density at radius 2 is 2.08 bits per heavy atom. The molecular formula is C19H20N6O. The standard InChI is InChI=1S/C19H20N6O/c1-11-8-14-9-15(4-6-17(14)22-11)24-18(26)7-5-16-12(2)23-19-20-10-21-25(19)13(16)3/h4,6,8-10,22H,5,7H2,1-3H3,(H,24,26). The molecule has 0 radical (unpaired) electrons. The number of rotatable bonds is 4. The maximum atomic E-state index is 12.4. The minimum absolute atomic E-state index is 0.0194. The first-order valence-electron chi connectivity index (χ1n) is 8.56. The lowest BCUT2D eigenvalue weighted by molar-refractivity contribution is -0.116. The zero-order chi connectivity index (χ0) is 18.3. The van der Waals surface area contributed by atoms with Gasteiger partial charge in [0.25, 0.3) is 5.78 Å². The topological polar surface area (TPSA) is 88.0 Å². The highest BCUT2D eigenvalue weighted by atomic mass is 16.1. The lowest BCUT2D eigenvalue weighted by Gasteiger charge is -2.10. The molecule has 7 nitrogen and oxygen atoms in total. The molecule has 0 saturated carbocycles. The van der Waals surface area contributed by atoms with Gasteiger partial charge in [-0.3, -0.25) is 4.79 Å². The third kappa shape index (κ3) is 2.92. The molecule has 0 unspecified atom stereocenters. The zero-order valence-corrected chi connectivity index (χ0v) is 15.0. The Balaban J connectivity index is 1.48. The van der Waals surface area contributed by atoms with E-state index in [1.807, 2.05) is 39.0 Å². The maximum Gasteiger partial charge on any atom is 0.252 e. The number of amides is 1. The molecule has 3 aromatic heterocycles. The van der Waals surface area contributed by atoms with Crippen LogP contribution in [-0.4, -0.2) is 30.5 Å². The molecule has 7 heteroatoms. The van der Waals surface area contributed by atoms with Gasteiger partial charge in [0.05, 0.1) is 0 Å². The summed E-state index contributed by atoms with van der Waals surface area (Å²) in [5.74, 6) is 0.567. The van der Waals surface area contributed by atoms with Crippen molar-refractivity contribution in [2.45, 2.75) is 33.6 Å². The molecule has 132 valence electrons. The van der Waals surface area contributed by atoms with Crippen LogP contribution in [0.5, 0.6) is 0 Å². The molecule has 1 aromatic carbocycles. The summed E-state index contributed by atoms with van der Waals surface area (Å²) in [4.78, 5) is 24.2. The first-order valence-corrected chi connectivity index (χ1v) is 8.56. The van der Waals surface area contributed by atoms with Crippen LogP contribution in [0, 0.1) is 20.8 Å². The summed E-state index contributed by atoms with van der Waals surface area (Å²) in [6.45, 7) is 5.94. The van der Waals surface area contributed by atoms with E-state index in [1.165, 1.54) is 6.33 Å². The van der Waals surface area contributed by atoms with Crippen LogP contribution < -0.4 is 5.32 Å². The summed E-state index contributed by atoms with van der Waals surface area (Å²) in [7, 11) is 0. The van der Waals surface area contributed by atoms with Crippen LogP contribution in [-0.2, 0) is 11.2 Å². The number of carbonyl (C=O) groups excluding carboxylic acids is 1. The van der Waals surface area contributed by atoms with E-state index in [0.717, 1.165) is 39.2 Å². The lowest BCUT2D eigenvalue weighted by Crippen LogP contribution is -2.14. The van der Waals surface area contributed by atoms with Crippen molar-refractivity contribution >= 4 is 28.3 Å². The van der Waals surface area contributed by atoms with Gasteiger partial charge < -0.3 is 10.3 Å². The Morgan fingerprint density at radius 1 is 1.23 bits per heavy atom. The molecular weight excluding hydrogens is 328 g/mol. The molecule has 4 rings (SSSR count). The number of H-pyrrole nitrogens is 1. The van der Waals surface area contributed by atoms with Crippen molar-refractivity contribution in [2.75, 3.05) is 5.32 Å². The molecule has 0 bridgehead atoms. The minimum Gasteiger partial charge on any atom is -0.359 e. The van der Waals surface area contributed by atoms with Crippen molar-refractivity contribution < 1.29 is 4.79 Å². The number of aromatic nitrogens is 5. The van der Waals surface area contributed by atoms with Gasteiger partial charge in [-0.2, -0.15) is 10.1 Å². The van der Waals surface area contributed by atoms with E-state index in [9.17, 15) is 4.79 Å². The Hall–Kier alpha value is -3.22. The van der Waals surface area contributed by atoms with E-state index in [4.69, 9.17) is 0 Å². The second-order valence-electron chi connectivity index (χ2n) is 6.54. The third-order valence-corrected chi connectivity index (χ3v) is 4.63. The number of fused-ring (bicyclic) bond motifs is 2. The number of benzene rings is 1. The van der Waals surface area contributed by atoms with Gasteiger partial charge in [-0.25, -0.2) is 9.50 Å². The van der Waals surface area contributed by atoms with Gasteiger partial charge in [0.1, 0.15) is 6.33 Å². The summed E-state index contributed by atoms with van der Waals surface area (Å²) in [5.41, 5.74) is 5.88. The van der Waals surface area contributed by atoms with Crippen molar-refractivity contribution in [3.8, 4) is 0 Å². The average molecular weight is 348 g/mol. The zero-order valence-electron chi connectivity index (χ0n) is 15.0. The Kier molecular flexibility index (Phi) is 3.91. The summed E-state index contributed by atoms with van der Waals surface area (Å²) in [5, 5.41) is 8.25. The fourth-order valence-corrected chi connectivity index (χ4v) is 3.33. The van der Waals surface area contributed by atoms with E-state index in [2.05, 4.69) is 31.4 Å². The van der Waals surface area contributed by atoms with Gasteiger partial charge in [-0.05, 0) is 57.0 Å². The second-order valence-corrected chi connectivity index (χ2v) is 6.54. The van der Waals surface area contributed by atoms with E-state index in [1.54, 1.807) is 4.52 Å². The predicted octanol–water partition coefficient (Wildman–Crippen LogP) is 3.10. The molecule has 0 aliphatic heterocycles. The van der Waals surface area contributed by atoms with E-state index < -0.39 is 0 Å². The van der Waals surface area contributed by atoms with Gasteiger partial charge in [0.15, 0.2) is 0 Å². The normalized spacial score (nSPS) is 11.3. The van der Waals surface area contributed by atoms with Crippen molar-refractivity contribution in [1.29, 1.82) is 0 Å². The third-order valence-electron chi connectivity index (χ3n) is 4.63. The van der Waals surface area contributed by atoms with Crippen LogP contribution in [0.15, 0.2) is 30.6 Å². The quantitative estimate of drug-likeness (QED) is 0.593. The molecule has 3 heterocycles. The van der Waals surface area contributed by atoms with Gasteiger partial charge >= 0.3 is 0 Å². The van der Waals surface area contributed by atoms with E-state index in [-0.39, 0.29) is 5.91 Å². The Labute approximate surface area is 150 Å².